The first-order valence-electron chi connectivity index (χ1n) is 12.8. The molecule has 0 aromatic heterocycles. The molecule has 3 rings (SSSR count). The van der Waals surface area contributed by atoms with E-state index in [1.807, 2.05) is 0 Å². The van der Waals surface area contributed by atoms with E-state index >= 15 is 0 Å². The SMILES string of the molecule is CCC(Oc1ccccc1F)C(=O)OC1CCC=C2C=CC(C)C(CCC(O)CC(O)CC(=O)O)C21. The first-order valence-corrected chi connectivity index (χ1v) is 12.8. The van der Waals surface area contributed by atoms with Crippen LogP contribution in [0.25, 0.3) is 0 Å². The van der Waals surface area contributed by atoms with E-state index < -0.39 is 42.5 Å². The lowest BCUT2D eigenvalue weighted by Crippen LogP contribution is -2.42. The van der Waals surface area contributed by atoms with Gasteiger partial charge in [0.25, 0.3) is 0 Å². The minimum Gasteiger partial charge on any atom is -0.481 e. The molecule has 2 aliphatic carbocycles. The molecule has 36 heavy (non-hydrogen) atoms. The van der Waals surface area contributed by atoms with Crippen molar-refractivity contribution in [1.29, 1.82) is 0 Å². The molecular formula is C28H37FO7. The number of para-hydroxylation sites is 1. The van der Waals surface area contributed by atoms with Crippen LogP contribution in [0.4, 0.5) is 4.39 Å². The van der Waals surface area contributed by atoms with Crippen LogP contribution in [0.15, 0.2) is 48.1 Å². The molecule has 3 N–H and O–H groups in total. The topological polar surface area (TPSA) is 113 Å². The smallest absolute Gasteiger partial charge is 0.347 e. The summed E-state index contributed by atoms with van der Waals surface area (Å²) in [5.41, 5.74) is 1.10. The molecule has 0 saturated carbocycles. The van der Waals surface area contributed by atoms with Gasteiger partial charge in [-0.05, 0) is 68.1 Å². The van der Waals surface area contributed by atoms with E-state index in [2.05, 4.69) is 25.2 Å². The van der Waals surface area contributed by atoms with Crippen molar-refractivity contribution in [3.8, 4) is 5.75 Å². The van der Waals surface area contributed by atoms with Crippen molar-refractivity contribution in [2.45, 2.75) is 83.2 Å². The number of ether oxygens (including phenoxy) is 2. The summed E-state index contributed by atoms with van der Waals surface area (Å²) in [5, 5.41) is 29.1. The number of carbonyl (C=O) groups excluding carboxylic acids is 1. The molecule has 8 heteroatoms. The van der Waals surface area contributed by atoms with Gasteiger partial charge in [0.05, 0.1) is 18.6 Å². The van der Waals surface area contributed by atoms with Gasteiger partial charge in [-0.3, -0.25) is 4.79 Å². The molecule has 0 spiro atoms. The Bertz CT molecular complexity index is 959. The van der Waals surface area contributed by atoms with Gasteiger partial charge in [0, 0.05) is 5.92 Å². The van der Waals surface area contributed by atoms with Crippen molar-refractivity contribution in [1.82, 2.24) is 0 Å². The van der Waals surface area contributed by atoms with Crippen molar-refractivity contribution < 1.29 is 38.8 Å². The van der Waals surface area contributed by atoms with Crippen molar-refractivity contribution in [2.75, 3.05) is 0 Å². The molecule has 7 atom stereocenters. The largest absolute Gasteiger partial charge is 0.481 e. The first-order chi connectivity index (χ1) is 17.2. The minimum absolute atomic E-state index is 0.000578. The lowest BCUT2D eigenvalue weighted by molar-refractivity contribution is -0.162. The molecule has 0 bridgehead atoms. The number of halogens is 1. The highest BCUT2D eigenvalue weighted by atomic mass is 19.1. The van der Waals surface area contributed by atoms with Gasteiger partial charge in [-0.2, -0.15) is 0 Å². The second-order valence-electron chi connectivity index (χ2n) is 9.83. The third-order valence-corrected chi connectivity index (χ3v) is 7.14. The lowest BCUT2D eigenvalue weighted by atomic mass is 9.66. The van der Waals surface area contributed by atoms with Crippen LogP contribution in [0.1, 0.15) is 58.8 Å². The van der Waals surface area contributed by atoms with Crippen molar-refractivity contribution >= 4 is 11.9 Å². The number of carbonyl (C=O) groups is 2. The summed E-state index contributed by atoms with van der Waals surface area (Å²) in [6.45, 7) is 3.88. The number of aliphatic hydroxyl groups excluding tert-OH is 2. The third kappa shape index (κ3) is 7.40. The maximum absolute atomic E-state index is 14.1. The van der Waals surface area contributed by atoms with Gasteiger partial charge >= 0.3 is 11.9 Å². The number of rotatable bonds is 12. The molecule has 0 heterocycles. The molecule has 0 saturated heterocycles. The Morgan fingerprint density at radius 3 is 2.64 bits per heavy atom. The summed E-state index contributed by atoms with van der Waals surface area (Å²) in [6.07, 6.45) is 5.52. The Labute approximate surface area is 211 Å². The Morgan fingerprint density at radius 2 is 1.94 bits per heavy atom. The predicted octanol–water partition coefficient (Wildman–Crippen LogP) is 4.42. The molecule has 0 aliphatic heterocycles. The lowest BCUT2D eigenvalue weighted by Gasteiger charge is -2.42. The monoisotopic (exact) mass is 504 g/mol. The van der Waals surface area contributed by atoms with Gasteiger partial charge in [-0.15, -0.1) is 0 Å². The number of aliphatic carboxylic acids is 1. The standard InChI is InChI=1S/C28H37FO7/c1-3-23(35-24-9-5-4-8-22(24)29)28(34)36-25-10-6-7-18-12-11-17(2)21(27(18)25)14-13-19(30)15-20(31)16-26(32)33/h4-5,7-9,11-12,17,19-21,23,25,27,30-31H,3,6,10,13-16H2,1-2H3,(H,32,33). The highest BCUT2D eigenvalue weighted by Crippen LogP contribution is 2.44. The average Bonchev–Trinajstić information content (AvgIpc) is 2.82. The maximum atomic E-state index is 14.1. The summed E-state index contributed by atoms with van der Waals surface area (Å²) >= 11 is 0. The zero-order valence-corrected chi connectivity index (χ0v) is 20.9. The molecule has 1 aromatic carbocycles. The van der Waals surface area contributed by atoms with Crippen molar-refractivity contribution in [3.05, 3.63) is 53.9 Å². The average molecular weight is 505 g/mol. The van der Waals surface area contributed by atoms with Crippen LogP contribution >= 0.6 is 0 Å². The van der Waals surface area contributed by atoms with Gasteiger partial charge in [0.2, 0.25) is 0 Å². The van der Waals surface area contributed by atoms with Gasteiger partial charge < -0.3 is 24.8 Å². The zero-order valence-electron chi connectivity index (χ0n) is 20.9. The summed E-state index contributed by atoms with van der Waals surface area (Å²) in [7, 11) is 0. The second-order valence-corrected chi connectivity index (χ2v) is 9.83. The molecule has 0 amide bonds. The van der Waals surface area contributed by atoms with Crippen LogP contribution in [0, 0.1) is 23.6 Å². The van der Waals surface area contributed by atoms with Crippen LogP contribution in [0.3, 0.4) is 0 Å². The van der Waals surface area contributed by atoms with Crippen LogP contribution in [0.5, 0.6) is 5.75 Å². The number of fused-ring (bicyclic) bond motifs is 1. The fourth-order valence-electron chi connectivity index (χ4n) is 5.27. The Hall–Kier alpha value is -2.71. The summed E-state index contributed by atoms with van der Waals surface area (Å²) in [5.74, 6) is -1.93. The number of benzene rings is 1. The van der Waals surface area contributed by atoms with Gasteiger partial charge in [-0.1, -0.05) is 44.2 Å². The van der Waals surface area contributed by atoms with Crippen LogP contribution < -0.4 is 4.74 Å². The Kier molecular flexibility index (Phi) is 10.1. The molecule has 0 radical (unpaired) electrons. The molecule has 7 unspecified atom stereocenters. The first kappa shape index (κ1) is 27.9. The zero-order chi connectivity index (χ0) is 26.2. The fourth-order valence-corrected chi connectivity index (χ4v) is 5.27. The van der Waals surface area contributed by atoms with Gasteiger partial charge in [0.15, 0.2) is 17.7 Å². The summed E-state index contributed by atoms with van der Waals surface area (Å²) < 4.78 is 25.7. The molecular weight excluding hydrogens is 467 g/mol. The minimum atomic E-state index is -1.10. The van der Waals surface area contributed by atoms with Crippen molar-refractivity contribution in [3.63, 3.8) is 0 Å². The molecule has 7 nitrogen and oxygen atoms in total. The van der Waals surface area contributed by atoms with Gasteiger partial charge in [0.1, 0.15) is 6.10 Å². The molecule has 2 aliphatic rings. The number of hydrogen-bond donors (Lipinski definition) is 3. The number of carboxylic acid groups (broad SMARTS) is 1. The Balaban J connectivity index is 1.67. The van der Waals surface area contributed by atoms with E-state index in [0.717, 1.165) is 12.0 Å². The Morgan fingerprint density at radius 1 is 1.19 bits per heavy atom. The molecule has 198 valence electrons. The van der Waals surface area contributed by atoms with Crippen LogP contribution in [-0.4, -0.2) is 51.7 Å². The summed E-state index contributed by atoms with van der Waals surface area (Å²) in [4.78, 5) is 23.9. The maximum Gasteiger partial charge on any atom is 0.347 e. The van der Waals surface area contributed by atoms with E-state index in [-0.39, 0.29) is 36.0 Å². The van der Waals surface area contributed by atoms with Crippen LogP contribution in [-0.2, 0) is 14.3 Å². The van der Waals surface area contributed by atoms with Crippen molar-refractivity contribution in [2.24, 2.45) is 17.8 Å². The van der Waals surface area contributed by atoms with E-state index in [1.54, 1.807) is 19.1 Å². The number of aliphatic hydroxyl groups is 2. The normalized spacial score (nSPS) is 25.8. The van der Waals surface area contributed by atoms with E-state index in [4.69, 9.17) is 14.6 Å². The number of hydrogen-bond acceptors (Lipinski definition) is 6. The van der Waals surface area contributed by atoms with E-state index in [0.29, 0.717) is 25.7 Å². The number of esters is 1. The van der Waals surface area contributed by atoms with Crippen LogP contribution in [0.2, 0.25) is 0 Å². The van der Waals surface area contributed by atoms with Gasteiger partial charge in [-0.25, -0.2) is 9.18 Å². The number of carboxylic acids is 1. The fraction of sp³-hybridized carbons (Fsp3) is 0.571. The predicted molar refractivity (Wildman–Crippen MR) is 132 cm³/mol. The van der Waals surface area contributed by atoms with E-state index in [1.165, 1.54) is 12.1 Å². The number of allylic oxidation sites excluding steroid dienone is 3. The second kappa shape index (κ2) is 13.0. The molecule has 1 aromatic rings. The quantitative estimate of drug-likeness (QED) is 0.361. The highest BCUT2D eigenvalue weighted by Gasteiger charge is 2.41. The third-order valence-electron chi connectivity index (χ3n) is 7.14. The highest BCUT2D eigenvalue weighted by molar-refractivity contribution is 5.75. The summed E-state index contributed by atoms with van der Waals surface area (Å²) in [6, 6.07) is 5.96. The van der Waals surface area contributed by atoms with E-state index in [9.17, 15) is 24.2 Å². The molecule has 0 fully saturated rings.